The summed E-state index contributed by atoms with van der Waals surface area (Å²) >= 11 is 5.83. The van der Waals surface area contributed by atoms with Crippen LogP contribution in [-0.2, 0) is 11.3 Å². The van der Waals surface area contributed by atoms with Gasteiger partial charge in [-0.3, -0.25) is 14.2 Å². The van der Waals surface area contributed by atoms with Crippen LogP contribution in [0.15, 0.2) is 59.7 Å². The summed E-state index contributed by atoms with van der Waals surface area (Å²) < 4.78 is 7.77. The minimum absolute atomic E-state index is 0.0719. The number of rotatable bonds is 5. The molecule has 0 aliphatic rings. The van der Waals surface area contributed by atoms with Crippen LogP contribution in [0.1, 0.15) is 0 Å². The Balaban J connectivity index is 1.58. The van der Waals surface area contributed by atoms with E-state index in [0.717, 1.165) is 0 Å². The van der Waals surface area contributed by atoms with Gasteiger partial charge in [0.2, 0.25) is 5.91 Å². The number of anilines is 1. The summed E-state index contributed by atoms with van der Waals surface area (Å²) in [6, 6.07) is 13.8. The van der Waals surface area contributed by atoms with Crippen LogP contribution in [0.4, 0.5) is 5.69 Å². The van der Waals surface area contributed by atoms with Crippen molar-refractivity contribution in [2.45, 2.75) is 6.54 Å². The highest BCUT2D eigenvalue weighted by molar-refractivity contribution is 6.30. The highest BCUT2D eigenvalue weighted by Crippen LogP contribution is 2.17. The number of nitrogens with zero attached hydrogens (tertiary/aromatic N) is 5. The van der Waals surface area contributed by atoms with Gasteiger partial charge in [-0.2, -0.15) is 4.68 Å². The number of halogens is 1. The van der Waals surface area contributed by atoms with E-state index in [1.165, 1.54) is 15.6 Å². The third kappa shape index (κ3) is 3.81. The molecule has 0 atom stereocenters. The maximum atomic E-state index is 12.7. The molecule has 2 heterocycles. The number of amides is 1. The normalized spacial score (nSPS) is 10.8. The highest BCUT2D eigenvalue weighted by atomic mass is 35.5. The molecule has 2 aromatic heterocycles. The number of hydrogen-bond donors (Lipinski definition) is 1. The van der Waals surface area contributed by atoms with Gasteiger partial charge >= 0.3 is 0 Å². The minimum Gasteiger partial charge on any atom is -0.497 e. The molecule has 146 valence electrons. The van der Waals surface area contributed by atoms with E-state index in [1.54, 1.807) is 55.6 Å². The van der Waals surface area contributed by atoms with E-state index in [-0.39, 0.29) is 18.0 Å². The zero-order valence-electron chi connectivity index (χ0n) is 15.2. The van der Waals surface area contributed by atoms with Gasteiger partial charge in [0.25, 0.3) is 5.56 Å². The van der Waals surface area contributed by atoms with Gasteiger partial charge in [-0.15, -0.1) is 5.10 Å². The molecule has 4 aromatic rings. The summed E-state index contributed by atoms with van der Waals surface area (Å²) in [5.74, 6) is 0.318. The molecule has 0 spiro atoms. The maximum Gasteiger partial charge on any atom is 0.284 e. The Morgan fingerprint density at radius 1 is 1.14 bits per heavy atom. The first-order valence-corrected chi connectivity index (χ1v) is 8.93. The number of ether oxygens (including phenoxy) is 1. The Hall–Kier alpha value is -3.72. The molecule has 2 aromatic carbocycles. The first-order valence-electron chi connectivity index (χ1n) is 8.56. The highest BCUT2D eigenvalue weighted by Gasteiger charge is 2.15. The molecule has 4 rings (SSSR count). The number of carbonyl (C=O) groups is 1. The number of benzene rings is 2. The molecule has 0 aliphatic carbocycles. The molecular formula is C19H15ClN6O3. The van der Waals surface area contributed by atoms with Crippen molar-refractivity contribution in [1.82, 2.24) is 24.5 Å². The average molecular weight is 411 g/mol. The lowest BCUT2D eigenvalue weighted by Crippen LogP contribution is -2.28. The summed E-state index contributed by atoms with van der Waals surface area (Å²) in [5.41, 5.74) is 1.17. The molecule has 0 radical (unpaired) electrons. The molecule has 0 fully saturated rings. The molecule has 1 N–H and O–H groups in total. The van der Waals surface area contributed by atoms with Gasteiger partial charge in [-0.1, -0.05) is 16.8 Å². The summed E-state index contributed by atoms with van der Waals surface area (Å²) in [6.07, 6.45) is 1.30. The Labute approximate surface area is 169 Å². The van der Waals surface area contributed by atoms with Gasteiger partial charge in [-0.05, 0) is 48.5 Å². The molecule has 9 nitrogen and oxygen atoms in total. The molecule has 10 heteroatoms. The lowest BCUT2D eigenvalue weighted by atomic mass is 10.3. The van der Waals surface area contributed by atoms with Crippen LogP contribution in [0.25, 0.3) is 16.9 Å². The van der Waals surface area contributed by atoms with Gasteiger partial charge < -0.3 is 10.1 Å². The number of hydrogen-bond acceptors (Lipinski definition) is 6. The molecule has 29 heavy (non-hydrogen) atoms. The monoisotopic (exact) mass is 410 g/mol. The lowest BCUT2D eigenvalue weighted by molar-refractivity contribution is -0.116. The second-order valence-electron chi connectivity index (χ2n) is 6.10. The van der Waals surface area contributed by atoms with Crippen LogP contribution in [0.3, 0.4) is 0 Å². The Bertz CT molecular complexity index is 1230. The zero-order chi connectivity index (χ0) is 20.4. The van der Waals surface area contributed by atoms with E-state index >= 15 is 0 Å². The molecule has 0 saturated heterocycles. The van der Waals surface area contributed by atoms with E-state index in [0.29, 0.717) is 27.8 Å². The van der Waals surface area contributed by atoms with Crippen molar-refractivity contribution < 1.29 is 9.53 Å². The van der Waals surface area contributed by atoms with E-state index in [1.807, 2.05) is 0 Å². The quantitative estimate of drug-likeness (QED) is 0.541. The molecule has 1 amide bonds. The van der Waals surface area contributed by atoms with Gasteiger partial charge in [0.1, 0.15) is 18.6 Å². The largest absolute Gasteiger partial charge is 0.497 e. The van der Waals surface area contributed by atoms with Crippen molar-refractivity contribution in [2.24, 2.45) is 0 Å². The third-order valence-corrected chi connectivity index (χ3v) is 4.44. The van der Waals surface area contributed by atoms with Crippen LogP contribution in [0.2, 0.25) is 5.02 Å². The first kappa shape index (κ1) is 18.6. The van der Waals surface area contributed by atoms with Crippen LogP contribution >= 0.6 is 11.6 Å². The van der Waals surface area contributed by atoms with Crippen LogP contribution in [0.5, 0.6) is 5.75 Å². The van der Waals surface area contributed by atoms with E-state index in [4.69, 9.17) is 16.3 Å². The summed E-state index contributed by atoms with van der Waals surface area (Å²) in [7, 11) is 1.58. The fraction of sp³-hybridized carbons (Fsp3) is 0.105. The SMILES string of the molecule is COc1ccc(-n2nnc3c(=O)n(CC(=O)Nc4ccc(Cl)cc4)cnc32)cc1. The average Bonchev–Trinajstić information content (AvgIpc) is 3.17. The van der Waals surface area contributed by atoms with Crippen molar-refractivity contribution in [3.05, 3.63) is 70.2 Å². The fourth-order valence-corrected chi connectivity index (χ4v) is 2.87. The van der Waals surface area contributed by atoms with E-state index in [9.17, 15) is 9.59 Å². The van der Waals surface area contributed by atoms with Gasteiger partial charge in [0.05, 0.1) is 12.8 Å². The molecule has 0 unspecified atom stereocenters. The summed E-state index contributed by atoms with van der Waals surface area (Å²) in [5, 5.41) is 11.2. The van der Waals surface area contributed by atoms with Crippen molar-refractivity contribution in [3.8, 4) is 11.4 Å². The topological polar surface area (TPSA) is 104 Å². The number of aromatic nitrogens is 5. The molecule has 0 bridgehead atoms. The van der Waals surface area contributed by atoms with Crippen molar-refractivity contribution in [2.75, 3.05) is 12.4 Å². The third-order valence-electron chi connectivity index (χ3n) is 4.19. The van der Waals surface area contributed by atoms with E-state index in [2.05, 4.69) is 20.6 Å². The van der Waals surface area contributed by atoms with Gasteiger partial charge in [-0.25, -0.2) is 4.98 Å². The summed E-state index contributed by atoms with van der Waals surface area (Å²) in [6.45, 7) is -0.209. The fourth-order valence-electron chi connectivity index (χ4n) is 2.74. The first-order chi connectivity index (χ1) is 14.0. The lowest BCUT2D eigenvalue weighted by Gasteiger charge is -2.07. The Morgan fingerprint density at radius 3 is 2.55 bits per heavy atom. The minimum atomic E-state index is -0.457. The number of methoxy groups -OCH3 is 1. The Morgan fingerprint density at radius 2 is 1.86 bits per heavy atom. The van der Waals surface area contributed by atoms with Crippen molar-refractivity contribution in [1.29, 1.82) is 0 Å². The second kappa shape index (κ2) is 7.72. The smallest absolute Gasteiger partial charge is 0.284 e. The molecule has 0 aliphatic heterocycles. The standard InChI is InChI=1S/C19H15ClN6O3/c1-29-15-8-6-14(7-9-15)26-18-17(23-24-26)19(28)25(11-21-18)10-16(27)22-13-4-2-12(20)3-5-13/h2-9,11H,10H2,1H3,(H,22,27). The number of fused-ring (bicyclic) bond motifs is 1. The Kier molecular flexibility index (Phi) is 4.96. The van der Waals surface area contributed by atoms with Gasteiger partial charge in [0.15, 0.2) is 11.2 Å². The predicted molar refractivity (Wildman–Crippen MR) is 108 cm³/mol. The molecular weight excluding hydrogens is 396 g/mol. The van der Waals surface area contributed by atoms with Gasteiger partial charge in [0, 0.05) is 10.7 Å². The number of nitrogens with one attached hydrogen (secondary N) is 1. The van der Waals surface area contributed by atoms with E-state index < -0.39 is 5.56 Å². The zero-order valence-corrected chi connectivity index (χ0v) is 16.0. The molecule has 0 saturated carbocycles. The maximum absolute atomic E-state index is 12.7. The van der Waals surface area contributed by atoms with Crippen LogP contribution in [-0.4, -0.2) is 37.6 Å². The van der Waals surface area contributed by atoms with Crippen molar-refractivity contribution >= 4 is 34.4 Å². The predicted octanol–water partition coefficient (Wildman–Crippen LogP) is 2.28. The van der Waals surface area contributed by atoms with Crippen LogP contribution < -0.4 is 15.6 Å². The number of carbonyl (C=O) groups excluding carboxylic acids is 1. The van der Waals surface area contributed by atoms with Crippen LogP contribution in [0, 0.1) is 0 Å². The van der Waals surface area contributed by atoms with Crippen molar-refractivity contribution in [3.63, 3.8) is 0 Å². The second-order valence-corrected chi connectivity index (χ2v) is 6.54. The summed E-state index contributed by atoms with van der Waals surface area (Å²) in [4.78, 5) is 29.2.